The van der Waals surface area contributed by atoms with Crippen LogP contribution in [0.5, 0.6) is 0 Å². The molecule has 92 valence electrons. The molecule has 0 saturated carbocycles. The summed E-state index contributed by atoms with van der Waals surface area (Å²) in [6.45, 7) is 3.70. The van der Waals surface area contributed by atoms with Crippen molar-refractivity contribution < 1.29 is 23.8 Å². The first-order valence-electron chi connectivity index (χ1n) is 5.17. The molecule has 1 rings (SSSR count). The maximum absolute atomic E-state index is 11.5. The Balaban J connectivity index is 2.93. The molecule has 0 aromatic carbocycles. The molecule has 0 fully saturated rings. The van der Waals surface area contributed by atoms with Crippen LogP contribution in [0, 0.1) is 5.21 Å². The van der Waals surface area contributed by atoms with E-state index in [1.165, 1.54) is 12.1 Å². The second-order valence-electron chi connectivity index (χ2n) is 3.07. The lowest BCUT2D eigenvalue weighted by molar-refractivity contribution is -0.608. The molecule has 0 radical (unpaired) electrons. The maximum atomic E-state index is 11.5. The van der Waals surface area contributed by atoms with Crippen molar-refractivity contribution in [1.82, 2.24) is 0 Å². The molecule has 6 heteroatoms. The highest BCUT2D eigenvalue weighted by Gasteiger charge is 2.19. The number of hydrogen-bond acceptors (Lipinski definition) is 5. The first kappa shape index (κ1) is 13.0. The Kier molecular flexibility index (Phi) is 4.45. The fourth-order valence-electron chi connectivity index (χ4n) is 1.18. The zero-order chi connectivity index (χ0) is 12.8. The predicted octanol–water partition coefficient (Wildman–Crippen LogP) is 0.673. The third kappa shape index (κ3) is 3.17. The van der Waals surface area contributed by atoms with Gasteiger partial charge in [0.05, 0.1) is 13.2 Å². The van der Waals surface area contributed by atoms with Crippen molar-refractivity contribution in [2.45, 2.75) is 13.8 Å². The molecule has 0 unspecified atom stereocenters. The topological polar surface area (TPSA) is 79.5 Å². The molecule has 0 aliphatic heterocycles. The molecule has 0 atom stereocenters. The van der Waals surface area contributed by atoms with E-state index in [4.69, 9.17) is 4.74 Å². The molecule has 0 aliphatic carbocycles. The second-order valence-corrected chi connectivity index (χ2v) is 3.07. The average molecular weight is 239 g/mol. The van der Waals surface area contributed by atoms with Crippen LogP contribution in [0.1, 0.15) is 34.7 Å². The van der Waals surface area contributed by atoms with Gasteiger partial charge in [-0.25, -0.2) is 9.59 Å². The zero-order valence-corrected chi connectivity index (χ0v) is 9.63. The van der Waals surface area contributed by atoms with Crippen molar-refractivity contribution in [2.75, 3.05) is 13.2 Å². The fourth-order valence-corrected chi connectivity index (χ4v) is 1.18. The van der Waals surface area contributed by atoms with E-state index in [1.54, 1.807) is 13.8 Å². The summed E-state index contributed by atoms with van der Waals surface area (Å²) in [5, 5.41) is 11.5. The standard InChI is InChI=1S/C11H13NO5/c1-3-16-10(13)8-5-6-9(12(15)7-8)11(14)17-4-2/h5-7H,3-4H2,1-2H3. The van der Waals surface area contributed by atoms with E-state index >= 15 is 0 Å². The second kappa shape index (κ2) is 5.83. The minimum absolute atomic E-state index is 0.0925. The molecule has 0 saturated heterocycles. The Hall–Kier alpha value is -2.11. The van der Waals surface area contributed by atoms with Gasteiger partial charge in [0.15, 0.2) is 6.20 Å². The highest BCUT2D eigenvalue weighted by atomic mass is 16.5. The first-order valence-corrected chi connectivity index (χ1v) is 5.17. The minimum atomic E-state index is -0.724. The van der Waals surface area contributed by atoms with E-state index in [0.717, 1.165) is 6.20 Å². The Morgan fingerprint density at radius 1 is 1.18 bits per heavy atom. The van der Waals surface area contributed by atoms with Gasteiger partial charge in [0.2, 0.25) is 0 Å². The molecule has 0 bridgehead atoms. The molecule has 0 spiro atoms. The molecule has 1 aromatic rings. The van der Waals surface area contributed by atoms with E-state index < -0.39 is 11.9 Å². The highest BCUT2D eigenvalue weighted by Crippen LogP contribution is 2.02. The summed E-state index contributed by atoms with van der Waals surface area (Å²) >= 11 is 0. The lowest BCUT2D eigenvalue weighted by Gasteiger charge is -2.05. The highest BCUT2D eigenvalue weighted by molar-refractivity contribution is 5.90. The van der Waals surface area contributed by atoms with E-state index in [0.29, 0.717) is 4.73 Å². The van der Waals surface area contributed by atoms with E-state index in [-0.39, 0.29) is 24.5 Å². The number of esters is 2. The zero-order valence-electron chi connectivity index (χ0n) is 9.63. The number of ether oxygens (including phenoxy) is 2. The molecule has 0 aliphatic rings. The van der Waals surface area contributed by atoms with Gasteiger partial charge in [0, 0.05) is 6.07 Å². The number of pyridine rings is 1. The Bertz CT molecular complexity index is 430. The van der Waals surface area contributed by atoms with Gasteiger partial charge in [0.25, 0.3) is 0 Å². The molecule has 17 heavy (non-hydrogen) atoms. The van der Waals surface area contributed by atoms with E-state index in [1.807, 2.05) is 0 Å². The smallest absolute Gasteiger partial charge is 0.404 e. The van der Waals surface area contributed by atoms with Crippen molar-refractivity contribution >= 4 is 11.9 Å². The van der Waals surface area contributed by atoms with Crippen molar-refractivity contribution in [2.24, 2.45) is 0 Å². The van der Waals surface area contributed by atoms with Crippen LogP contribution in [0.4, 0.5) is 0 Å². The molecule has 6 nitrogen and oxygen atoms in total. The number of nitrogens with zero attached hydrogens (tertiary/aromatic N) is 1. The maximum Gasteiger partial charge on any atom is 0.404 e. The summed E-state index contributed by atoms with van der Waals surface area (Å²) in [6.07, 6.45) is 0.990. The number of carbonyl (C=O) groups excluding carboxylic acids is 2. The van der Waals surface area contributed by atoms with Crippen LogP contribution in [0.15, 0.2) is 18.3 Å². The average Bonchev–Trinajstić information content (AvgIpc) is 2.29. The first-order chi connectivity index (χ1) is 8.10. The summed E-state index contributed by atoms with van der Waals surface area (Å²) in [4.78, 5) is 22.6. The van der Waals surface area contributed by atoms with Gasteiger partial charge in [-0.2, -0.15) is 4.73 Å². The van der Waals surface area contributed by atoms with Gasteiger partial charge in [-0.1, -0.05) is 0 Å². The van der Waals surface area contributed by atoms with Gasteiger partial charge in [-0.05, 0) is 19.9 Å². The third-order valence-electron chi connectivity index (χ3n) is 1.91. The van der Waals surface area contributed by atoms with Gasteiger partial charge in [0.1, 0.15) is 5.56 Å². The van der Waals surface area contributed by atoms with Crippen molar-refractivity contribution in [3.05, 3.63) is 34.8 Å². The van der Waals surface area contributed by atoms with Gasteiger partial charge in [-0.15, -0.1) is 0 Å². The van der Waals surface area contributed by atoms with Crippen LogP contribution in [0.25, 0.3) is 0 Å². The Morgan fingerprint density at radius 3 is 2.29 bits per heavy atom. The van der Waals surface area contributed by atoms with Crippen molar-refractivity contribution in [1.29, 1.82) is 0 Å². The number of carbonyl (C=O) groups is 2. The summed E-state index contributed by atoms with van der Waals surface area (Å²) in [7, 11) is 0. The molecular formula is C11H13NO5. The minimum Gasteiger partial charge on any atom is -0.618 e. The largest absolute Gasteiger partial charge is 0.618 e. The van der Waals surface area contributed by atoms with Crippen LogP contribution < -0.4 is 4.73 Å². The van der Waals surface area contributed by atoms with Crippen LogP contribution in [-0.4, -0.2) is 25.2 Å². The predicted molar refractivity (Wildman–Crippen MR) is 57.3 cm³/mol. The number of rotatable bonds is 4. The van der Waals surface area contributed by atoms with Crippen LogP contribution in [0.2, 0.25) is 0 Å². The van der Waals surface area contributed by atoms with Crippen LogP contribution in [-0.2, 0) is 9.47 Å². The van der Waals surface area contributed by atoms with Crippen molar-refractivity contribution in [3.8, 4) is 0 Å². The fraction of sp³-hybridized carbons (Fsp3) is 0.364. The SMILES string of the molecule is CCOC(=O)c1ccc(C(=O)OCC)[n+]([O-])c1. The van der Waals surface area contributed by atoms with Crippen LogP contribution >= 0.6 is 0 Å². The summed E-state index contributed by atoms with van der Waals surface area (Å²) < 4.78 is 9.70. The summed E-state index contributed by atoms with van der Waals surface area (Å²) in [5.41, 5.74) is -0.0743. The Morgan fingerprint density at radius 2 is 1.76 bits per heavy atom. The van der Waals surface area contributed by atoms with Crippen LogP contribution in [0.3, 0.4) is 0 Å². The van der Waals surface area contributed by atoms with Crippen molar-refractivity contribution in [3.63, 3.8) is 0 Å². The molecule has 1 aromatic heterocycles. The summed E-state index contributed by atoms with van der Waals surface area (Å²) in [5.74, 6) is -1.33. The normalized spacial score (nSPS) is 9.76. The lowest BCUT2D eigenvalue weighted by atomic mass is 10.2. The quantitative estimate of drug-likeness (QED) is 0.438. The van der Waals surface area contributed by atoms with Gasteiger partial charge >= 0.3 is 17.6 Å². The lowest BCUT2D eigenvalue weighted by Crippen LogP contribution is -2.36. The van der Waals surface area contributed by atoms with E-state index in [9.17, 15) is 14.8 Å². The molecule has 1 heterocycles. The monoisotopic (exact) mass is 239 g/mol. The third-order valence-corrected chi connectivity index (χ3v) is 1.91. The summed E-state index contributed by atoms with van der Waals surface area (Å²) in [6, 6.07) is 2.58. The molecular weight excluding hydrogens is 226 g/mol. The molecule has 0 N–H and O–H groups in total. The molecule has 0 amide bonds. The Labute approximate surface area is 98.3 Å². The number of hydrogen-bond donors (Lipinski definition) is 0. The van der Waals surface area contributed by atoms with Gasteiger partial charge < -0.3 is 14.7 Å². The van der Waals surface area contributed by atoms with E-state index in [2.05, 4.69) is 4.74 Å². The van der Waals surface area contributed by atoms with Gasteiger partial charge in [-0.3, -0.25) is 0 Å². The number of aromatic nitrogens is 1.